The molecule has 0 saturated carbocycles. The predicted molar refractivity (Wildman–Crippen MR) is 74.9 cm³/mol. The van der Waals surface area contributed by atoms with E-state index in [1.165, 1.54) is 0 Å². The Morgan fingerprint density at radius 1 is 1.10 bits per heavy atom. The van der Waals surface area contributed by atoms with E-state index < -0.39 is 0 Å². The number of aromatic nitrogens is 3. The Hall–Kier alpha value is -2.82. The van der Waals surface area contributed by atoms with Gasteiger partial charge in [0.2, 0.25) is 5.95 Å². The highest BCUT2D eigenvalue weighted by molar-refractivity contribution is 5.76. The van der Waals surface area contributed by atoms with Crippen LogP contribution in [0.3, 0.4) is 0 Å². The number of nitrogens with zero attached hydrogens (tertiary/aromatic N) is 3. The lowest BCUT2D eigenvalue weighted by Crippen LogP contribution is -2.19. The fourth-order valence-electron chi connectivity index (χ4n) is 2.38. The van der Waals surface area contributed by atoms with Crippen LogP contribution in [-0.4, -0.2) is 14.8 Å². The number of anilines is 1. The number of allylic oxidation sites excluding steroid dienone is 1. The summed E-state index contributed by atoms with van der Waals surface area (Å²) in [4.78, 5) is 4.25. The van der Waals surface area contributed by atoms with Gasteiger partial charge in [-0.3, -0.25) is 0 Å². The van der Waals surface area contributed by atoms with Gasteiger partial charge in [-0.15, -0.1) is 0 Å². The molecule has 0 bridgehead atoms. The van der Waals surface area contributed by atoms with Crippen LogP contribution in [0.5, 0.6) is 0 Å². The van der Waals surface area contributed by atoms with Gasteiger partial charge in [-0.2, -0.15) is 10.1 Å². The Balaban J connectivity index is 1.83. The molecule has 0 fully saturated rings. The molecule has 5 nitrogen and oxygen atoms in total. The molecule has 98 valence electrons. The van der Waals surface area contributed by atoms with Gasteiger partial charge in [0, 0.05) is 5.70 Å². The maximum Gasteiger partial charge on any atom is 0.226 e. The van der Waals surface area contributed by atoms with E-state index in [-0.39, 0.29) is 6.04 Å². The Kier molecular flexibility index (Phi) is 2.42. The lowest BCUT2D eigenvalue weighted by atomic mass is 10.1. The maximum atomic E-state index is 5.52. The normalized spacial score (nSPS) is 17.2. The minimum absolute atomic E-state index is 0.0843. The van der Waals surface area contributed by atoms with Crippen LogP contribution in [-0.2, 0) is 0 Å². The number of nitrogens with one attached hydrogen (secondary N) is 1. The van der Waals surface area contributed by atoms with Gasteiger partial charge in [0.1, 0.15) is 18.1 Å². The van der Waals surface area contributed by atoms with Crippen molar-refractivity contribution in [2.45, 2.75) is 6.04 Å². The second-order valence-corrected chi connectivity index (χ2v) is 4.56. The van der Waals surface area contributed by atoms with Gasteiger partial charge in [-0.1, -0.05) is 30.3 Å². The van der Waals surface area contributed by atoms with E-state index in [0.717, 1.165) is 17.0 Å². The van der Waals surface area contributed by atoms with Crippen LogP contribution in [0.4, 0.5) is 5.95 Å². The van der Waals surface area contributed by atoms with E-state index in [9.17, 15) is 0 Å². The Morgan fingerprint density at radius 2 is 2.00 bits per heavy atom. The zero-order chi connectivity index (χ0) is 13.4. The van der Waals surface area contributed by atoms with Gasteiger partial charge in [0.05, 0.1) is 6.26 Å². The molecule has 3 aromatic rings. The third-order valence-electron chi connectivity index (χ3n) is 3.33. The van der Waals surface area contributed by atoms with Crippen molar-refractivity contribution in [2.24, 2.45) is 0 Å². The first-order chi connectivity index (χ1) is 9.92. The summed E-state index contributed by atoms with van der Waals surface area (Å²) in [6.07, 6.45) is 5.31. The highest BCUT2D eigenvalue weighted by Crippen LogP contribution is 2.31. The molecule has 1 aliphatic heterocycles. The van der Waals surface area contributed by atoms with E-state index in [1.54, 1.807) is 12.6 Å². The smallest absolute Gasteiger partial charge is 0.226 e. The molecule has 0 spiro atoms. The molecular formula is C15H12N4O. The number of furan rings is 1. The first-order valence-electron chi connectivity index (χ1n) is 6.39. The predicted octanol–water partition coefficient (Wildman–Crippen LogP) is 2.93. The average Bonchev–Trinajstić information content (AvgIpc) is 3.18. The molecule has 1 aromatic carbocycles. The molecule has 1 N–H and O–H groups in total. The highest BCUT2D eigenvalue weighted by atomic mass is 16.3. The molecule has 4 rings (SSSR count). The van der Waals surface area contributed by atoms with Crippen molar-refractivity contribution >= 4 is 11.6 Å². The van der Waals surface area contributed by atoms with Crippen LogP contribution in [0.1, 0.15) is 17.4 Å². The summed E-state index contributed by atoms with van der Waals surface area (Å²) in [7, 11) is 0. The van der Waals surface area contributed by atoms with E-state index in [4.69, 9.17) is 4.42 Å². The van der Waals surface area contributed by atoms with Crippen molar-refractivity contribution in [3.63, 3.8) is 0 Å². The van der Waals surface area contributed by atoms with Gasteiger partial charge in [-0.05, 0) is 23.8 Å². The molecule has 0 amide bonds. The van der Waals surface area contributed by atoms with Gasteiger partial charge < -0.3 is 9.73 Å². The van der Waals surface area contributed by atoms with Crippen LogP contribution >= 0.6 is 0 Å². The highest BCUT2D eigenvalue weighted by Gasteiger charge is 2.24. The van der Waals surface area contributed by atoms with Crippen molar-refractivity contribution in [3.8, 4) is 0 Å². The number of hydrogen-bond acceptors (Lipinski definition) is 4. The van der Waals surface area contributed by atoms with Crippen molar-refractivity contribution in [2.75, 3.05) is 5.32 Å². The van der Waals surface area contributed by atoms with Gasteiger partial charge in [0.15, 0.2) is 0 Å². The van der Waals surface area contributed by atoms with Crippen LogP contribution in [0, 0.1) is 0 Å². The zero-order valence-electron chi connectivity index (χ0n) is 10.6. The molecule has 1 atom stereocenters. The molecule has 2 aromatic heterocycles. The molecule has 0 unspecified atom stereocenters. The number of hydrogen-bond donors (Lipinski definition) is 1. The zero-order valence-corrected chi connectivity index (χ0v) is 10.6. The molecule has 0 radical (unpaired) electrons. The first-order valence-corrected chi connectivity index (χ1v) is 6.39. The van der Waals surface area contributed by atoms with Crippen molar-refractivity contribution in [1.29, 1.82) is 0 Å². The van der Waals surface area contributed by atoms with Crippen molar-refractivity contribution < 1.29 is 4.42 Å². The van der Waals surface area contributed by atoms with Gasteiger partial charge in [-0.25, -0.2) is 4.68 Å². The summed E-state index contributed by atoms with van der Waals surface area (Å²) in [5, 5.41) is 7.55. The molecule has 20 heavy (non-hydrogen) atoms. The summed E-state index contributed by atoms with van der Waals surface area (Å²) in [6, 6.07) is 13.9. The molecule has 0 aliphatic carbocycles. The maximum absolute atomic E-state index is 5.52. The molecule has 1 aliphatic rings. The number of benzene rings is 1. The summed E-state index contributed by atoms with van der Waals surface area (Å²) in [5.74, 6) is 1.56. The topological polar surface area (TPSA) is 55.9 Å². The third-order valence-corrected chi connectivity index (χ3v) is 3.33. The minimum Gasteiger partial charge on any atom is -0.467 e. The first kappa shape index (κ1) is 11.0. The van der Waals surface area contributed by atoms with Crippen LogP contribution < -0.4 is 5.32 Å². The van der Waals surface area contributed by atoms with Crippen LogP contribution in [0.2, 0.25) is 0 Å². The van der Waals surface area contributed by atoms with Gasteiger partial charge in [0.25, 0.3) is 0 Å². The second-order valence-electron chi connectivity index (χ2n) is 4.56. The summed E-state index contributed by atoms with van der Waals surface area (Å²) < 4.78 is 7.33. The second kappa shape index (κ2) is 4.38. The quantitative estimate of drug-likeness (QED) is 0.773. The van der Waals surface area contributed by atoms with E-state index in [0.29, 0.717) is 5.95 Å². The van der Waals surface area contributed by atoms with Crippen molar-refractivity contribution in [3.05, 3.63) is 72.5 Å². The lowest BCUT2D eigenvalue weighted by molar-refractivity contribution is 0.448. The third kappa shape index (κ3) is 1.72. The van der Waals surface area contributed by atoms with Crippen LogP contribution in [0.25, 0.3) is 5.70 Å². The average molecular weight is 264 g/mol. The fraction of sp³-hybridized carbons (Fsp3) is 0.0667. The Morgan fingerprint density at radius 3 is 2.80 bits per heavy atom. The summed E-state index contributed by atoms with van der Waals surface area (Å²) in [6.45, 7) is 0. The Labute approximate surface area is 115 Å². The molecule has 3 heterocycles. The van der Waals surface area contributed by atoms with E-state index in [1.807, 2.05) is 35.0 Å². The Bertz CT molecular complexity index is 743. The molecular weight excluding hydrogens is 252 g/mol. The fourth-order valence-corrected chi connectivity index (χ4v) is 2.38. The van der Waals surface area contributed by atoms with Gasteiger partial charge >= 0.3 is 0 Å². The summed E-state index contributed by atoms with van der Waals surface area (Å²) >= 11 is 0. The monoisotopic (exact) mass is 264 g/mol. The van der Waals surface area contributed by atoms with Crippen LogP contribution in [0.15, 0.2) is 65.5 Å². The van der Waals surface area contributed by atoms with E-state index in [2.05, 4.69) is 33.6 Å². The van der Waals surface area contributed by atoms with E-state index >= 15 is 0 Å². The molecule has 5 heteroatoms. The number of rotatable bonds is 2. The number of fused-ring (bicyclic) bond motifs is 1. The standard InChI is InChI=1S/C15H12N4O/c1-2-5-11(6-3-1)12-9-13(14-7-4-8-20-14)19-15(18-12)16-10-17-19/h1-10,13H,(H,16,17,18)/t13-/m1/s1. The summed E-state index contributed by atoms with van der Waals surface area (Å²) in [5.41, 5.74) is 2.12. The minimum atomic E-state index is -0.0843. The molecule has 0 saturated heterocycles. The lowest BCUT2D eigenvalue weighted by Gasteiger charge is -2.22. The largest absolute Gasteiger partial charge is 0.467 e. The SMILES string of the molecule is C1=C(c2ccccc2)Nc2ncnn2[C@H]1c1ccco1. The van der Waals surface area contributed by atoms with Crippen molar-refractivity contribution in [1.82, 2.24) is 14.8 Å².